The average Bonchev–Trinajstić information content (AvgIpc) is 2.59. The fourth-order valence-electron chi connectivity index (χ4n) is 2.90. The number of nitrogens with one attached hydrogen (secondary N) is 1. The molecule has 0 atom stereocenters. The van der Waals surface area contributed by atoms with E-state index < -0.39 is 0 Å². The highest BCUT2D eigenvalue weighted by Gasteiger charge is 2.32. The first-order chi connectivity index (χ1) is 11.2. The molecule has 4 heteroatoms. The summed E-state index contributed by atoms with van der Waals surface area (Å²) >= 11 is 0. The molecule has 2 aromatic carbocycles. The van der Waals surface area contributed by atoms with Crippen LogP contribution in [0.2, 0.25) is 0 Å². The third kappa shape index (κ3) is 2.50. The SMILES string of the molecule is CCCCNc1c(OC)ccc2c1C(=O)c1ccccc1C2=O. The number of benzene rings is 2. The molecule has 0 bridgehead atoms. The van der Waals surface area contributed by atoms with Gasteiger partial charge in [0, 0.05) is 23.2 Å². The number of hydrogen-bond acceptors (Lipinski definition) is 4. The molecule has 0 spiro atoms. The standard InChI is InChI=1S/C19H19NO3/c1-3-4-11-20-17-15(23-2)10-9-14-16(17)19(22)13-8-6-5-7-12(13)18(14)21/h5-10,20H,3-4,11H2,1-2H3. The van der Waals surface area contributed by atoms with Crippen molar-refractivity contribution >= 4 is 17.3 Å². The number of carbonyl (C=O) groups is 2. The third-order valence-electron chi connectivity index (χ3n) is 4.11. The Morgan fingerprint density at radius 1 is 0.957 bits per heavy atom. The molecule has 1 aliphatic rings. The molecule has 0 fully saturated rings. The van der Waals surface area contributed by atoms with E-state index in [1.165, 1.54) is 0 Å². The number of unbranched alkanes of at least 4 members (excludes halogenated alkanes) is 1. The van der Waals surface area contributed by atoms with Crippen LogP contribution in [0.3, 0.4) is 0 Å². The Labute approximate surface area is 135 Å². The van der Waals surface area contributed by atoms with Gasteiger partial charge in [-0.15, -0.1) is 0 Å². The Morgan fingerprint density at radius 3 is 2.30 bits per heavy atom. The number of carbonyl (C=O) groups excluding carboxylic acids is 2. The van der Waals surface area contributed by atoms with Gasteiger partial charge in [0.2, 0.25) is 0 Å². The van der Waals surface area contributed by atoms with Gasteiger partial charge in [-0.2, -0.15) is 0 Å². The maximum atomic E-state index is 12.9. The topological polar surface area (TPSA) is 55.4 Å². The van der Waals surface area contributed by atoms with Gasteiger partial charge in [-0.05, 0) is 18.6 Å². The average molecular weight is 309 g/mol. The van der Waals surface area contributed by atoms with Crippen molar-refractivity contribution in [3.05, 3.63) is 58.7 Å². The molecule has 1 N–H and O–H groups in total. The lowest BCUT2D eigenvalue weighted by atomic mass is 9.83. The van der Waals surface area contributed by atoms with Gasteiger partial charge < -0.3 is 10.1 Å². The third-order valence-corrected chi connectivity index (χ3v) is 4.11. The van der Waals surface area contributed by atoms with Gasteiger partial charge in [0.25, 0.3) is 0 Å². The molecule has 1 aliphatic carbocycles. The Balaban J connectivity index is 2.15. The lowest BCUT2D eigenvalue weighted by molar-refractivity contribution is 0.0979. The van der Waals surface area contributed by atoms with Crippen LogP contribution in [-0.2, 0) is 0 Å². The number of ether oxygens (including phenoxy) is 1. The summed E-state index contributed by atoms with van der Waals surface area (Å²) in [6.07, 6.45) is 2.02. The highest BCUT2D eigenvalue weighted by atomic mass is 16.5. The fourth-order valence-corrected chi connectivity index (χ4v) is 2.90. The summed E-state index contributed by atoms with van der Waals surface area (Å²) in [6, 6.07) is 10.4. The minimum absolute atomic E-state index is 0.114. The molecule has 2 aromatic rings. The predicted molar refractivity (Wildman–Crippen MR) is 89.7 cm³/mol. The van der Waals surface area contributed by atoms with Crippen molar-refractivity contribution in [2.75, 3.05) is 19.0 Å². The van der Waals surface area contributed by atoms with Crippen molar-refractivity contribution in [1.82, 2.24) is 0 Å². The fraction of sp³-hybridized carbons (Fsp3) is 0.263. The molecule has 23 heavy (non-hydrogen) atoms. The number of ketones is 2. The highest BCUT2D eigenvalue weighted by Crippen LogP contribution is 2.37. The van der Waals surface area contributed by atoms with Crippen molar-refractivity contribution in [1.29, 1.82) is 0 Å². The Hall–Kier alpha value is -2.62. The molecular formula is C19H19NO3. The summed E-state index contributed by atoms with van der Waals surface area (Å²) in [5.74, 6) is 0.338. The molecule has 118 valence electrons. The number of methoxy groups -OCH3 is 1. The molecule has 0 unspecified atom stereocenters. The second-order valence-electron chi connectivity index (χ2n) is 5.55. The molecule has 0 heterocycles. The minimum atomic E-state index is -0.131. The first-order valence-corrected chi connectivity index (χ1v) is 7.82. The minimum Gasteiger partial charge on any atom is -0.495 e. The number of fused-ring (bicyclic) bond motifs is 2. The van der Waals surface area contributed by atoms with E-state index in [1.54, 1.807) is 43.5 Å². The zero-order valence-electron chi connectivity index (χ0n) is 13.3. The van der Waals surface area contributed by atoms with Crippen LogP contribution in [0.1, 0.15) is 51.6 Å². The summed E-state index contributed by atoms with van der Waals surface area (Å²) in [7, 11) is 1.57. The summed E-state index contributed by atoms with van der Waals surface area (Å²) in [4.78, 5) is 25.6. The van der Waals surface area contributed by atoms with Crippen molar-refractivity contribution < 1.29 is 14.3 Å². The lowest BCUT2D eigenvalue weighted by Crippen LogP contribution is -2.23. The van der Waals surface area contributed by atoms with Crippen LogP contribution in [0, 0.1) is 0 Å². The first-order valence-electron chi connectivity index (χ1n) is 7.82. The van der Waals surface area contributed by atoms with Crippen LogP contribution >= 0.6 is 0 Å². The van der Waals surface area contributed by atoms with Gasteiger partial charge in [0.1, 0.15) is 5.75 Å². The van der Waals surface area contributed by atoms with E-state index in [4.69, 9.17) is 4.74 Å². The number of anilines is 1. The van der Waals surface area contributed by atoms with E-state index in [0.717, 1.165) is 19.4 Å². The summed E-state index contributed by atoms with van der Waals surface area (Å²) in [5.41, 5.74) is 2.40. The van der Waals surface area contributed by atoms with E-state index in [2.05, 4.69) is 12.2 Å². The molecule has 0 saturated carbocycles. The second kappa shape index (κ2) is 6.24. The molecule has 4 nitrogen and oxygen atoms in total. The van der Waals surface area contributed by atoms with Crippen molar-refractivity contribution in [2.24, 2.45) is 0 Å². The van der Waals surface area contributed by atoms with Gasteiger partial charge in [-0.3, -0.25) is 9.59 Å². The maximum absolute atomic E-state index is 12.9. The maximum Gasteiger partial charge on any atom is 0.196 e. The Bertz CT molecular complexity index is 780. The normalized spacial score (nSPS) is 12.6. The second-order valence-corrected chi connectivity index (χ2v) is 5.55. The van der Waals surface area contributed by atoms with Crippen LogP contribution in [-0.4, -0.2) is 25.2 Å². The van der Waals surface area contributed by atoms with Crippen LogP contribution in [0.4, 0.5) is 5.69 Å². The van der Waals surface area contributed by atoms with Crippen LogP contribution in [0.15, 0.2) is 36.4 Å². The number of hydrogen-bond donors (Lipinski definition) is 1. The van der Waals surface area contributed by atoms with E-state index in [0.29, 0.717) is 33.7 Å². The molecule has 0 amide bonds. The smallest absolute Gasteiger partial charge is 0.196 e. The summed E-state index contributed by atoms with van der Waals surface area (Å²) < 4.78 is 5.39. The highest BCUT2D eigenvalue weighted by molar-refractivity contribution is 6.30. The van der Waals surface area contributed by atoms with E-state index >= 15 is 0 Å². The molecule has 0 saturated heterocycles. The summed E-state index contributed by atoms with van der Waals surface area (Å²) in [6.45, 7) is 2.83. The molecule has 3 rings (SSSR count). The number of rotatable bonds is 5. The largest absolute Gasteiger partial charge is 0.495 e. The molecular weight excluding hydrogens is 290 g/mol. The van der Waals surface area contributed by atoms with Crippen molar-refractivity contribution in [2.45, 2.75) is 19.8 Å². The van der Waals surface area contributed by atoms with Crippen LogP contribution in [0.5, 0.6) is 5.75 Å². The zero-order valence-corrected chi connectivity index (χ0v) is 13.3. The van der Waals surface area contributed by atoms with E-state index in [-0.39, 0.29) is 11.6 Å². The van der Waals surface area contributed by atoms with Crippen LogP contribution < -0.4 is 10.1 Å². The zero-order chi connectivity index (χ0) is 16.4. The summed E-state index contributed by atoms with van der Waals surface area (Å²) in [5, 5.41) is 3.28. The van der Waals surface area contributed by atoms with Gasteiger partial charge in [0.15, 0.2) is 11.6 Å². The monoisotopic (exact) mass is 309 g/mol. The van der Waals surface area contributed by atoms with Gasteiger partial charge in [-0.1, -0.05) is 37.6 Å². The van der Waals surface area contributed by atoms with E-state index in [9.17, 15) is 9.59 Å². The van der Waals surface area contributed by atoms with Gasteiger partial charge in [0.05, 0.1) is 18.4 Å². The van der Waals surface area contributed by atoms with E-state index in [1.807, 2.05) is 0 Å². The van der Waals surface area contributed by atoms with Crippen LogP contribution in [0.25, 0.3) is 0 Å². The molecule has 0 aliphatic heterocycles. The quantitative estimate of drug-likeness (QED) is 0.730. The first kappa shape index (κ1) is 15.3. The molecule has 0 aromatic heterocycles. The van der Waals surface area contributed by atoms with Crippen molar-refractivity contribution in [3.63, 3.8) is 0 Å². The predicted octanol–water partition coefficient (Wildman–Crippen LogP) is 3.68. The van der Waals surface area contributed by atoms with Gasteiger partial charge in [-0.25, -0.2) is 0 Å². The van der Waals surface area contributed by atoms with Crippen molar-refractivity contribution in [3.8, 4) is 5.75 Å². The van der Waals surface area contributed by atoms with Gasteiger partial charge >= 0.3 is 0 Å². The Morgan fingerprint density at radius 2 is 1.65 bits per heavy atom. The lowest BCUT2D eigenvalue weighted by Gasteiger charge is -2.22. The Kier molecular flexibility index (Phi) is 4.15. The molecule has 0 radical (unpaired) electrons.